The summed E-state index contributed by atoms with van der Waals surface area (Å²) >= 11 is 0. The van der Waals surface area contributed by atoms with E-state index in [1.54, 1.807) is 10.7 Å². The van der Waals surface area contributed by atoms with Crippen molar-refractivity contribution in [3.63, 3.8) is 0 Å². The standard InChI is InChI=1S/C20H26N6O4/c1-19(2,3)15-17(24-20(4,5)6)25-16(23-15)12(10-21-25)18(28)22-11-7-8-13(26(29)30)14(27)9-11/h7-10,21,24,27H,1-6H3,(H,22,28). The van der Waals surface area contributed by atoms with E-state index in [0.717, 1.165) is 23.6 Å². The van der Waals surface area contributed by atoms with Crippen molar-refractivity contribution in [1.29, 1.82) is 0 Å². The Bertz CT molecular complexity index is 1130. The van der Waals surface area contributed by atoms with Gasteiger partial charge in [-0.25, -0.2) is 9.50 Å². The van der Waals surface area contributed by atoms with Gasteiger partial charge in [-0.15, -0.1) is 0 Å². The average Bonchev–Trinajstić information content (AvgIpc) is 3.13. The van der Waals surface area contributed by atoms with Crippen LogP contribution in [-0.4, -0.2) is 36.1 Å². The van der Waals surface area contributed by atoms with E-state index in [-0.39, 0.29) is 16.6 Å². The number of hydrogen-bond donors (Lipinski definition) is 4. The third-order valence-electron chi connectivity index (χ3n) is 4.33. The number of nitrogens with zero attached hydrogens (tertiary/aromatic N) is 3. The maximum atomic E-state index is 12.9. The lowest BCUT2D eigenvalue weighted by atomic mass is 9.91. The number of carbonyl (C=O) groups is 1. The summed E-state index contributed by atoms with van der Waals surface area (Å²) in [5.41, 5.74) is 0.885. The summed E-state index contributed by atoms with van der Waals surface area (Å²) in [6.07, 6.45) is 1.54. The SMILES string of the molecule is CC(C)(C)Nc1c(C(C)(C)C)nc2c(C(=O)Nc3ccc([N+](=O)[O-])c(O)c3)c[nH]n12. The van der Waals surface area contributed by atoms with Crippen molar-refractivity contribution in [3.8, 4) is 5.75 Å². The van der Waals surface area contributed by atoms with Crippen LogP contribution in [0.4, 0.5) is 17.2 Å². The third kappa shape index (κ3) is 4.07. The zero-order valence-electron chi connectivity index (χ0n) is 17.8. The predicted octanol–water partition coefficient (Wildman–Crippen LogP) is 4.04. The Kier molecular flexibility index (Phi) is 4.97. The monoisotopic (exact) mass is 414 g/mol. The number of nitro groups is 1. The normalized spacial score (nSPS) is 12.2. The number of fused-ring (bicyclic) bond motifs is 1. The molecule has 0 unspecified atom stereocenters. The van der Waals surface area contributed by atoms with Crippen LogP contribution in [-0.2, 0) is 5.41 Å². The summed E-state index contributed by atoms with van der Waals surface area (Å²) in [4.78, 5) is 27.7. The van der Waals surface area contributed by atoms with Crippen LogP contribution in [0, 0.1) is 10.1 Å². The first-order valence-electron chi connectivity index (χ1n) is 9.45. The van der Waals surface area contributed by atoms with Crippen molar-refractivity contribution in [3.05, 3.63) is 45.8 Å². The molecule has 0 saturated heterocycles. The van der Waals surface area contributed by atoms with Crippen molar-refractivity contribution in [2.75, 3.05) is 10.6 Å². The van der Waals surface area contributed by atoms with Crippen LogP contribution < -0.4 is 10.6 Å². The van der Waals surface area contributed by atoms with E-state index < -0.39 is 22.3 Å². The Labute approximate surface area is 173 Å². The molecular weight excluding hydrogens is 388 g/mol. The number of aromatic hydroxyl groups is 1. The first-order chi connectivity index (χ1) is 13.8. The molecule has 0 bridgehead atoms. The minimum Gasteiger partial charge on any atom is -0.502 e. The molecule has 3 aromatic rings. The van der Waals surface area contributed by atoms with Crippen molar-refractivity contribution in [1.82, 2.24) is 14.6 Å². The molecule has 4 N–H and O–H groups in total. The molecule has 0 radical (unpaired) electrons. The lowest BCUT2D eigenvalue weighted by molar-refractivity contribution is -0.385. The highest BCUT2D eigenvalue weighted by atomic mass is 16.6. The highest BCUT2D eigenvalue weighted by Crippen LogP contribution is 2.33. The van der Waals surface area contributed by atoms with Crippen LogP contribution in [0.25, 0.3) is 5.65 Å². The fourth-order valence-corrected chi connectivity index (χ4v) is 3.03. The van der Waals surface area contributed by atoms with Gasteiger partial charge in [0.1, 0.15) is 5.56 Å². The van der Waals surface area contributed by atoms with Crippen LogP contribution in [0.3, 0.4) is 0 Å². The van der Waals surface area contributed by atoms with Crippen LogP contribution in [0.5, 0.6) is 5.75 Å². The fraction of sp³-hybridized carbons (Fsp3) is 0.400. The van der Waals surface area contributed by atoms with E-state index >= 15 is 0 Å². The topological polar surface area (TPSA) is 138 Å². The van der Waals surface area contributed by atoms with Gasteiger partial charge in [0, 0.05) is 35.0 Å². The Morgan fingerprint density at radius 1 is 1.23 bits per heavy atom. The highest BCUT2D eigenvalue weighted by Gasteiger charge is 2.29. The molecule has 0 atom stereocenters. The first-order valence-corrected chi connectivity index (χ1v) is 9.45. The molecule has 1 amide bonds. The van der Waals surface area contributed by atoms with Crippen molar-refractivity contribution >= 4 is 28.7 Å². The fourth-order valence-electron chi connectivity index (χ4n) is 3.03. The van der Waals surface area contributed by atoms with E-state index in [4.69, 9.17) is 4.98 Å². The number of benzene rings is 1. The van der Waals surface area contributed by atoms with Gasteiger partial charge in [-0.05, 0) is 26.8 Å². The maximum Gasteiger partial charge on any atom is 0.310 e. The Morgan fingerprint density at radius 3 is 2.43 bits per heavy atom. The summed E-state index contributed by atoms with van der Waals surface area (Å²) < 4.78 is 1.73. The van der Waals surface area contributed by atoms with E-state index in [1.165, 1.54) is 6.07 Å². The van der Waals surface area contributed by atoms with Crippen LogP contribution >= 0.6 is 0 Å². The molecule has 10 heteroatoms. The minimum atomic E-state index is -0.696. The minimum absolute atomic E-state index is 0.222. The van der Waals surface area contributed by atoms with Crippen LogP contribution in [0.2, 0.25) is 0 Å². The number of nitrogens with one attached hydrogen (secondary N) is 3. The summed E-state index contributed by atoms with van der Waals surface area (Å²) in [6.45, 7) is 12.2. The lowest BCUT2D eigenvalue weighted by Crippen LogP contribution is -2.29. The quantitative estimate of drug-likeness (QED) is 0.375. The first kappa shape index (κ1) is 21.2. The third-order valence-corrected chi connectivity index (χ3v) is 4.33. The predicted molar refractivity (Wildman–Crippen MR) is 114 cm³/mol. The van der Waals surface area contributed by atoms with E-state index in [2.05, 4.69) is 15.7 Å². The molecule has 10 nitrogen and oxygen atoms in total. The number of imidazole rings is 1. The number of aromatic amines is 1. The molecule has 0 aliphatic rings. The molecule has 0 spiro atoms. The number of nitro benzene ring substituents is 1. The zero-order chi connectivity index (χ0) is 22.4. The molecule has 2 heterocycles. The van der Waals surface area contributed by atoms with Gasteiger partial charge >= 0.3 is 5.69 Å². The highest BCUT2D eigenvalue weighted by molar-refractivity contribution is 6.08. The lowest BCUT2D eigenvalue weighted by Gasteiger charge is -2.25. The second-order valence-corrected chi connectivity index (χ2v) is 9.19. The second kappa shape index (κ2) is 7.05. The Hall–Kier alpha value is -3.56. The van der Waals surface area contributed by atoms with Gasteiger partial charge < -0.3 is 15.7 Å². The summed E-state index contributed by atoms with van der Waals surface area (Å²) in [6, 6.07) is 3.63. The zero-order valence-corrected chi connectivity index (χ0v) is 17.8. The number of anilines is 2. The molecule has 0 fully saturated rings. The molecule has 1 aromatic carbocycles. The van der Waals surface area contributed by atoms with Gasteiger partial charge in [0.2, 0.25) is 0 Å². The van der Waals surface area contributed by atoms with Crippen molar-refractivity contribution in [2.45, 2.75) is 52.5 Å². The van der Waals surface area contributed by atoms with Gasteiger partial charge in [0.15, 0.2) is 17.2 Å². The molecule has 0 aliphatic heterocycles. The van der Waals surface area contributed by atoms with Crippen molar-refractivity contribution in [2.24, 2.45) is 0 Å². The van der Waals surface area contributed by atoms with E-state index in [0.29, 0.717) is 11.2 Å². The second-order valence-electron chi connectivity index (χ2n) is 9.19. The number of aromatic nitrogens is 3. The van der Waals surface area contributed by atoms with Crippen molar-refractivity contribution < 1.29 is 14.8 Å². The number of phenols is 1. The summed E-state index contributed by atoms with van der Waals surface area (Å²) in [5.74, 6) is -0.205. The smallest absolute Gasteiger partial charge is 0.310 e. The summed E-state index contributed by atoms with van der Waals surface area (Å²) in [7, 11) is 0. The number of rotatable bonds is 4. The van der Waals surface area contributed by atoms with Gasteiger partial charge in [-0.1, -0.05) is 20.8 Å². The Balaban J connectivity index is 1.99. The van der Waals surface area contributed by atoms with Crippen LogP contribution in [0.1, 0.15) is 57.6 Å². The summed E-state index contributed by atoms with van der Waals surface area (Å²) in [5, 5.41) is 29.8. The van der Waals surface area contributed by atoms with E-state index in [1.807, 2.05) is 41.5 Å². The average molecular weight is 414 g/mol. The number of phenolic OH excluding ortho intramolecular Hbond substituents is 1. The van der Waals surface area contributed by atoms with E-state index in [9.17, 15) is 20.0 Å². The molecule has 0 aliphatic carbocycles. The van der Waals surface area contributed by atoms with Gasteiger partial charge in [0.05, 0.1) is 10.6 Å². The maximum absolute atomic E-state index is 12.9. The van der Waals surface area contributed by atoms with Gasteiger partial charge in [-0.2, -0.15) is 0 Å². The largest absolute Gasteiger partial charge is 0.502 e. The molecule has 3 rings (SSSR count). The number of hydrogen-bond acceptors (Lipinski definition) is 6. The number of amides is 1. The molecule has 160 valence electrons. The molecule has 0 saturated carbocycles. The van der Waals surface area contributed by atoms with Gasteiger partial charge in [0.25, 0.3) is 5.91 Å². The molecule has 30 heavy (non-hydrogen) atoms. The molecule has 2 aromatic heterocycles. The van der Waals surface area contributed by atoms with Gasteiger partial charge in [-0.3, -0.25) is 20.0 Å². The number of carbonyl (C=O) groups excluding carboxylic acids is 1. The Morgan fingerprint density at radius 2 is 1.90 bits per heavy atom. The van der Waals surface area contributed by atoms with Crippen LogP contribution in [0.15, 0.2) is 24.4 Å². The number of H-pyrrole nitrogens is 1. The molecular formula is C20H26N6O4.